The Bertz CT molecular complexity index is 260. The highest BCUT2D eigenvalue weighted by atomic mass is 32.2. The second-order valence-corrected chi connectivity index (χ2v) is 8.50. The molecule has 0 aromatic rings. The van der Waals surface area contributed by atoms with Crippen LogP contribution in [0.15, 0.2) is 0 Å². The van der Waals surface area contributed by atoms with Gasteiger partial charge in [-0.3, -0.25) is 0 Å². The summed E-state index contributed by atoms with van der Waals surface area (Å²) < 4.78 is 0. The van der Waals surface area contributed by atoms with Gasteiger partial charge in [0.1, 0.15) is 0 Å². The van der Waals surface area contributed by atoms with Crippen LogP contribution in [0.3, 0.4) is 0 Å². The largest absolute Gasteiger partial charge is 0.312 e. The van der Waals surface area contributed by atoms with Crippen molar-refractivity contribution in [2.45, 2.75) is 51.0 Å². The monoisotopic (exact) mass is 251 g/mol. The Kier molecular flexibility index (Phi) is 2.73. The van der Waals surface area contributed by atoms with Crippen molar-refractivity contribution in [3.63, 3.8) is 0 Å². The SMILES string of the molecule is C1CSCC(CC23CC4CC(CC(C4)C2)C3)N1. The highest BCUT2D eigenvalue weighted by Crippen LogP contribution is 2.61. The lowest BCUT2D eigenvalue weighted by Gasteiger charge is -2.58. The van der Waals surface area contributed by atoms with E-state index in [0.29, 0.717) is 0 Å². The normalized spacial score (nSPS) is 52.9. The van der Waals surface area contributed by atoms with Gasteiger partial charge in [0, 0.05) is 24.1 Å². The first kappa shape index (κ1) is 11.2. The van der Waals surface area contributed by atoms with E-state index in [2.05, 4.69) is 17.1 Å². The molecule has 4 saturated carbocycles. The summed E-state index contributed by atoms with van der Waals surface area (Å²) in [5.41, 5.74) is 0.782. The van der Waals surface area contributed by atoms with Crippen molar-refractivity contribution in [2.24, 2.45) is 23.2 Å². The molecule has 0 aromatic heterocycles. The van der Waals surface area contributed by atoms with Crippen LogP contribution < -0.4 is 5.32 Å². The van der Waals surface area contributed by atoms with Crippen molar-refractivity contribution in [2.75, 3.05) is 18.1 Å². The van der Waals surface area contributed by atoms with E-state index in [1.165, 1.54) is 24.5 Å². The van der Waals surface area contributed by atoms with Crippen LogP contribution in [-0.2, 0) is 0 Å². The molecule has 17 heavy (non-hydrogen) atoms. The molecule has 96 valence electrons. The molecular formula is C15H25NS. The third-order valence-electron chi connectivity index (χ3n) is 5.84. The van der Waals surface area contributed by atoms with Gasteiger partial charge in [0.05, 0.1) is 0 Å². The van der Waals surface area contributed by atoms with E-state index in [1.807, 2.05) is 0 Å². The van der Waals surface area contributed by atoms with Gasteiger partial charge in [0.15, 0.2) is 0 Å². The lowest BCUT2D eigenvalue weighted by molar-refractivity contribution is -0.0609. The van der Waals surface area contributed by atoms with Crippen molar-refractivity contribution in [1.82, 2.24) is 5.32 Å². The molecule has 1 nitrogen and oxygen atoms in total. The van der Waals surface area contributed by atoms with Crippen LogP contribution in [-0.4, -0.2) is 24.1 Å². The molecule has 1 N–H and O–H groups in total. The maximum atomic E-state index is 3.77. The molecule has 0 aromatic carbocycles. The Balaban J connectivity index is 1.48. The summed E-state index contributed by atoms with van der Waals surface area (Å²) in [6.45, 7) is 1.25. The summed E-state index contributed by atoms with van der Waals surface area (Å²) in [4.78, 5) is 0. The summed E-state index contributed by atoms with van der Waals surface area (Å²) in [5.74, 6) is 6.08. The summed E-state index contributed by atoms with van der Waals surface area (Å²) in [5, 5.41) is 3.77. The fourth-order valence-electron chi connectivity index (χ4n) is 5.81. The van der Waals surface area contributed by atoms with Gasteiger partial charge in [-0.25, -0.2) is 0 Å². The third kappa shape index (κ3) is 2.06. The van der Waals surface area contributed by atoms with Gasteiger partial charge in [-0.15, -0.1) is 0 Å². The average Bonchev–Trinajstić information content (AvgIpc) is 2.27. The fourth-order valence-corrected chi connectivity index (χ4v) is 6.76. The highest BCUT2D eigenvalue weighted by Gasteiger charge is 2.51. The molecule has 1 unspecified atom stereocenters. The summed E-state index contributed by atoms with van der Waals surface area (Å²) in [6, 6.07) is 0.838. The maximum Gasteiger partial charge on any atom is 0.0163 e. The Labute approximate surface area is 109 Å². The van der Waals surface area contributed by atoms with E-state index >= 15 is 0 Å². The van der Waals surface area contributed by atoms with Gasteiger partial charge >= 0.3 is 0 Å². The lowest BCUT2D eigenvalue weighted by Crippen LogP contribution is -2.50. The van der Waals surface area contributed by atoms with Gasteiger partial charge in [0.2, 0.25) is 0 Å². The first-order chi connectivity index (χ1) is 8.31. The smallest absolute Gasteiger partial charge is 0.0163 e. The summed E-state index contributed by atoms with van der Waals surface area (Å²) in [6.07, 6.45) is 11.0. The molecule has 5 aliphatic rings. The molecular weight excluding hydrogens is 226 g/mol. The predicted octanol–water partition coefficient (Wildman–Crippen LogP) is 3.30. The minimum Gasteiger partial charge on any atom is -0.312 e. The van der Waals surface area contributed by atoms with Gasteiger partial charge in [-0.2, -0.15) is 11.8 Å². The van der Waals surface area contributed by atoms with Crippen LogP contribution in [0.4, 0.5) is 0 Å². The zero-order valence-electron chi connectivity index (χ0n) is 10.8. The van der Waals surface area contributed by atoms with E-state index in [0.717, 1.165) is 29.2 Å². The quantitative estimate of drug-likeness (QED) is 0.808. The fraction of sp³-hybridized carbons (Fsp3) is 1.00. The van der Waals surface area contributed by atoms with Crippen LogP contribution in [0.2, 0.25) is 0 Å². The zero-order chi connectivity index (χ0) is 11.3. The average molecular weight is 251 g/mol. The van der Waals surface area contributed by atoms with Gasteiger partial charge in [0.25, 0.3) is 0 Å². The number of nitrogens with one attached hydrogen (secondary N) is 1. The summed E-state index contributed by atoms with van der Waals surface area (Å²) in [7, 11) is 0. The molecule has 4 bridgehead atoms. The van der Waals surface area contributed by atoms with Crippen molar-refractivity contribution in [1.29, 1.82) is 0 Å². The Morgan fingerprint density at radius 2 is 1.65 bits per heavy atom. The van der Waals surface area contributed by atoms with Crippen LogP contribution >= 0.6 is 11.8 Å². The summed E-state index contributed by atoms with van der Waals surface area (Å²) >= 11 is 2.17. The van der Waals surface area contributed by atoms with Crippen LogP contribution in [0.5, 0.6) is 0 Å². The first-order valence-electron chi connectivity index (χ1n) is 7.62. The van der Waals surface area contributed by atoms with Crippen LogP contribution in [0, 0.1) is 23.2 Å². The molecule has 1 saturated heterocycles. The van der Waals surface area contributed by atoms with E-state index < -0.39 is 0 Å². The Morgan fingerprint density at radius 3 is 2.18 bits per heavy atom. The van der Waals surface area contributed by atoms with Gasteiger partial charge in [-0.05, 0) is 68.1 Å². The lowest BCUT2D eigenvalue weighted by atomic mass is 9.48. The zero-order valence-corrected chi connectivity index (χ0v) is 11.6. The molecule has 1 atom stereocenters. The molecule has 5 fully saturated rings. The van der Waals surface area contributed by atoms with Crippen LogP contribution in [0.25, 0.3) is 0 Å². The van der Waals surface area contributed by atoms with Crippen molar-refractivity contribution in [3.8, 4) is 0 Å². The first-order valence-corrected chi connectivity index (χ1v) is 8.78. The molecule has 5 rings (SSSR count). The minimum absolute atomic E-state index is 0.782. The van der Waals surface area contributed by atoms with Gasteiger partial charge < -0.3 is 5.32 Å². The van der Waals surface area contributed by atoms with E-state index in [-0.39, 0.29) is 0 Å². The second kappa shape index (κ2) is 4.16. The molecule has 2 heteroatoms. The van der Waals surface area contributed by atoms with E-state index in [9.17, 15) is 0 Å². The Hall–Kier alpha value is 0.310. The maximum absolute atomic E-state index is 3.77. The minimum atomic E-state index is 0.782. The van der Waals surface area contributed by atoms with Crippen molar-refractivity contribution < 1.29 is 0 Å². The molecule has 0 spiro atoms. The number of hydrogen-bond acceptors (Lipinski definition) is 2. The number of hydrogen-bond donors (Lipinski definition) is 1. The van der Waals surface area contributed by atoms with Crippen LogP contribution in [0.1, 0.15) is 44.9 Å². The van der Waals surface area contributed by atoms with Gasteiger partial charge in [-0.1, -0.05) is 0 Å². The molecule has 1 heterocycles. The third-order valence-corrected chi connectivity index (χ3v) is 6.97. The molecule has 0 amide bonds. The number of thioether (sulfide) groups is 1. The number of rotatable bonds is 2. The van der Waals surface area contributed by atoms with E-state index in [4.69, 9.17) is 0 Å². The van der Waals surface area contributed by atoms with Crippen molar-refractivity contribution in [3.05, 3.63) is 0 Å². The second-order valence-electron chi connectivity index (χ2n) is 7.35. The predicted molar refractivity (Wildman–Crippen MR) is 74.3 cm³/mol. The Morgan fingerprint density at radius 1 is 1.00 bits per heavy atom. The molecule has 0 radical (unpaired) electrons. The topological polar surface area (TPSA) is 12.0 Å². The van der Waals surface area contributed by atoms with E-state index in [1.54, 1.807) is 38.5 Å². The highest BCUT2D eigenvalue weighted by molar-refractivity contribution is 7.99. The van der Waals surface area contributed by atoms with Crippen molar-refractivity contribution >= 4 is 11.8 Å². The molecule has 4 aliphatic carbocycles. The standard InChI is InChI=1S/C15H25NS/c1-2-17-10-14(16-1)9-15-6-11-3-12(7-15)5-13(4-11)8-15/h11-14,16H,1-10H2. The molecule has 1 aliphatic heterocycles.